The summed E-state index contributed by atoms with van der Waals surface area (Å²) in [6.45, 7) is 7.83. The van der Waals surface area contributed by atoms with Gasteiger partial charge in [0.1, 0.15) is 5.76 Å². The van der Waals surface area contributed by atoms with E-state index in [1.165, 1.54) is 4.90 Å². The van der Waals surface area contributed by atoms with Gasteiger partial charge in [-0.15, -0.1) is 0 Å². The SMILES string of the molecule is CCc1ccc(N2C(=O)C(=O)/C(=C(/O)c3cc(C)ccc3C)C2c2c(C)[nH]c3ccccc23)cc1. The first-order valence-corrected chi connectivity index (χ1v) is 11.9. The minimum atomic E-state index is -0.765. The van der Waals surface area contributed by atoms with Crippen LogP contribution in [0, 0.1) is 20.8 Å². The Morgan fingerprint density at radius 1 is 0.971 bits per heavy atom. The van der Waals surface area contributed by atoms with Crippen LogP contribution in [0.3, 0.4) is 0 Å². The first kappa shape index (κ1) is 22.7. The molecule has 5 heteroatoms. The number of benzene rings is 3. The van der Waals surface area contributed by atoms with Crippen molar-refractivity contribution < 1.29 is 14.7 Å². The van der Waals surface area contributed by atoms with E-state index in [-0.39, 0.29) is 11.3 Å². The smallest absolute Gasteiger partial charge is 0.300 e. The zero-order valence-electron chi connectivity index (χ0n) is 20.3. The fourth-order valence-electron chi connectivity index (χ4n) is 5.05. The van der Waals surface area contributed by atoms with Crippen LogP contribution >= 0.6 is 0 Å². The Bertz CT molecular complexity index is 1510. The minimum absolute atomic E-state index is 0.108. The molecule has 2 N–H and O–H groups in total. The molecule has 1 saturated heterocycles. The summed E-state index contributed by atoms with van der Waals surface area (Å²) in [4.78, 5) is 32.0. The highest BCUT2D eigenvalue weighted by Crippen LogP contribution is 2.45. The number of fused-ring (bicyclic) bond motifs is 1. The lowest BCUT2D eigenvalue weighted by Crippen LogP contribution is -2.29. The van der Waals surface area contributed by atoms with Crippen molar-refractivity contribution in [3.05, 3.63) is 106 Å². The summed E-state index contributed by atoms with van der Waals surface area (Å²) in [5, 5.41) is 12.5. The van der Waals surface area contributed by atoms with Crippen LogP contribution in [0.15, 0.2) is 72.3 Å². The molecule has 1 fully saturated rings. The Kier molecular flexibility index (Phi) is 5.56. The summed E-state index contributed by atoms with van der Waals surface area (Å²) >= 11 is 0. The number of Topliss-reactive ketones (excluding diaryl/α,β-unsaturated/α-hetero) is 1. The second-order valence-electron chi connectivity index (χ2n) is 9.22. The minimum Gasteiger partial charge on any atom is -0.507 e. The Morgan fingerprint density at radius 2 is 1.69 bits per heavy atom. The molecule has 1 unspecified atom stereocenters. The average molecular weight is 465 g/mol. The fraction of sp³-hybridized carbons (Fsp3) is 0.200. The van der Waals surface area contributed by atoms with Crippen molar-refractivity contribution in [2.75, 3.05) is 4.90 Å². The zero-order chi connectivity index (χ0) is 24.9. The van der Waals surface area contributed by atoms with E-state index in [4.69, 9.17) is 0 Å². The maximum absolute atomic E-state index is 13.6. The van der Waals surface area contributed by atoms with Gasteiger partial charge < -0.3 is 10.1 Å². The van der Waals surface area contributed by atoms with Crippen LogP contribution in [0.1, 0.15) is 46.5 Å². The van der Waals surface area contributed by atoms with Gasteiger partial charge in [0.2, 0.25) is 0 Å². The molecular weight excluding hydrogens is 436 g/mol. The molecule has 1 aliphatic heterocycles. The number of rotatable bonds is 4. The summed E-state index contributed by atoms with van der Waals surface area (Å²) in [5.41, 5.74) is 6.80. The molecule has 0 radical (unpaired) electrons. The van der Waals surface area contributed by atoms with E-state index >= 15 is 0 Å². The third kappa shape index (κ3) is 3.64. The largest absolute Gasteiger partial charge is 0.507 e. The summed E-state index contributed by atoms with van der Waals surface area (Å²) in [6.07, 6.45) is 0.872. The van der Waals surface area contributed by atoms with Gasteiger partial charge in [-0.1, -0.05) is 55.0 Å². The van der Waals surface area contributed by atoms with E-state index in [1.54, 1.807) is 0 Å². The number of nitrogens with zero attached hydrogens (tertiary/aromatic N) is 1. The molecule has 0 aliphatic carbocycles. The standard InChI is InChI=1S/C30H28N2O3/c1-5-20-12-14-21(15-13-20)32-27(25-19(4)31-24-9-7-6-8-22(24)25)26(29(34)30(32)35)28(33)23-16-17(2)10-11-18(23)3/h6-16,27,31,33H,5H2,1-4H3/b28-26+. The van der Waals surface area contributed by atoms with Crippen LogP contribution in [0.25, 0.3) is 16.7 Å². The Morgan fingerprint density at radius 3 is 2.40 bits per heavy atom. The molecule has 1 atom stereocenters. The van der Waals surface area contributed by atoms with Gasteiger partial charge in [0.05, 0.1) is 11.6 Å². The molecule has 1 aromatic heterocycles. The first-order valence-electron chi connectivity index (χ1n) is 11.9. The Balaban J connectivity index is 1.82. The molecule has 1 amide bonds. The summed E-state index contributed by atoms with van der Waals surface area (Å²) in [5.74, 6) is -1.47. The number of aromatic amines is 1. The van der Waals surface area contributed by atoms with Crippen LogP contribution < -0.4 is 4.90 Å². The van der Waals surface area contributed by atoms with E-state index in [0.29, 0.717) is 11.3 Å². The molecule has 0 saturated carbocycles. The number of carbonyl (C=O) groups excluding carboxylic acids is 2. The van der Waals surface area contributed by atoms with Gasteiger partial charge in [-0.2, -0.15) is 0 Å². The van der Waals surface area contributed by atoms with E-state index < -0.39 is 17.7 Å². The fourth-order valence-corrected chi connectivity index (χ4v) is 5.05. The normalized spacial score (nSPS) is 17.5. The number of nitrogens with one attached hydrogen (secondary N) is 1. The van der Waals surface area contributed by atoms with Gasteiger partial charge in [-0.25, -0.2) is 0 Å². The lowest BCUT2D eigenvalue weighted by atomic mass is 9.91. The third-order valence-corrected chi connectivity index (χ3v) is 6.93. The van der Waals surface area contributed by atoms with Crippen molar-refractivity contribution in [3.63, 3.8) is 0 Å². The van der Waals surface area contributed by atoms with E-state index in [1.807, 2.05) is 87.5 Å². The number of ketones is 1. The number of amides is 1. The summed E-state index contributed by atoms with van der Waals surface area (Å²) in [6, 6.07) is 20.5. The molecule has 0 bridgehead atoms. The topological polar surface area (TPSA) is 73.4 Å². The molecule has 1 aliphatic rings. The van der Waals surface area contributed by atoms with Gasteiger partial charge in [-0.05, 0) is 62.6 Å². The van der Waals surface area contributed by atoms with Crippen LogP contribution in [0.4, 0.5) is 5.69 Å². The summed E-state index contributed by atoms with van der Waals surface area (Å²) in [7, 11) is 0. The average Bonchev–Trinajstić information content (AvgIpc) is 3.32. The number of aryl methyl sites for hydroxylation is 4. The number of hydrogen-bond acceptors (Lipinski definition) is 3. The van der Waals surface area contributed by atoms with Gasteiger partial charge in [0.15, 0.2) is 0 Å². The van der Waals surface area contributed by atoms with Crippen LogP contribution in [0.5, 0.6) is 0 Å². The highest BCUT2D eigenvalue weighted by Gasteiger charge is 2.48. The maximum atomic E-state index is 13.6. The molecule has 176 valence electrons. The van der Waals surface area contributed by atoms with Crippen molar-refractivity contribution in [2.24, 2.45) is 0 Å². The van der Waals surface area contributed by atoms with Gasteiger partial charge in [0.25, 0.3) is 11.7 Å². The van der Waals surface area contributed by atoms with Crippen molar-refractivity contribution >= 4 is 34.0 Å². The molecule has 35 heavy (non-hydrogen) atoms. The predicted molar refractivity (Wildman–Crippen MR) is 140 cm³/mol. The highest BCUT2D eigenvalue weighted by molar-refractivity contribution is 6.52. The predicted octanol–water partition coefficient (Wildman–Crippen LogP) is 6.28. The van der Waals surface area contributed by atoms with Crippen LogP contribution in [-0.4, -0.2) is 21.8 Å². The summed E-state index contributed by atoms with van der Waals surface area (Å²) < 4.78 is 0. The van der Waals surface area contributed by atoms with Gasteiger partial charge in [0, 0.05) is 33.4 Å². The van der Waals surface area contributed by atoms with E-state index in [9.17, 15) is 14.7 Å². The number of aromatic nitrogens is 1. The molecule has 3 aromatic carbocycles. The van der Waals surface area contributed by atoms with Crippen molar-refractivity contribution in [3.8, 4) is 0 Å². The molecule has 5 rings (SSSR count). The van der Waals surface area contributed by atoms with Crippen molar-refractivity contribution in [1.82, 2.24) is 4.98 Å². The van der Waals surface area contributed by atoms with E-state index in [2.05, 4.69) is 11.9 Å². The first-order chi connectivity index (χ1) is 16.8. The van der Waals surface area contributed by atoms with Crippen molar-refractivity contribution in [2.45, 2.75) is 40.2 Å². The molecule has 0 spiro atoms. The zero-order valence-corrected chi connectivity index (χ0v) is 20.3. The van der Waals surface area contributed by atoms with Gasteiger partial charge >= 0.3 is 0 Å². The number of hydrogen-bond donors (Lipinski definition) is 2. The molecular formula is C30H28N2O3. The van der Waals surface area contributed by atoms with Crippen molar-refractivity contribution in [1.29, 1.82) is 0 Å². The number of aliphatic hydroxyl groups excluding tert-OH is 1. The lowest BCUT2D eigenvalue weighted by Gasteiger charge is -2.26. The quantitative estimate of drug-likeness (QED) is 0.212. The maximum Gasteiger partial charge on any atom is 0.300 e. The van der Waals surface area contributed by atoms with Gasteiger partial charge in [-0.3, -0.25) is 14.5 Å². The Labute approximate surface area is 204 Å². The highest BCUT2D eigenvalue weighted by atomic mass is 16.3. The lowest BCUT2D eigenvalue weighted by molar-refractivity contribution is -0.132. The number of carbonyl (C=O) groups is 2. The molecule has 4 aromatic rings. The molecule has 2 heterocycles. The second kappa shape index (κ2) is 8.58. The molecule has 5 nitrogen and oxygen atoms in total. The number of para-hydroxylation sites is 1. The Hall–Kier alpha value is -4.12. The third-order valence-electron chi connectivity index (χ3n) is 6.93. The van der Waals surface area contributed by atoms with Crippen LogP contribution in [0.2, 0.25) is 0 Å². The van der Waals surface area contributed by atoms with Crippen LogP contribution in [-0.2, 0) is 16.0 Å². The second-order valence-corrected chi connectivity index (χ2v) is 9.22. The monoisotopic (exact) mass is 464 g/mol. The number of H-pyrrole nitrogens is 1. The number of anilines is 1. The number of aliphatic hydroxyl groups is 1. The van der Waals surface area contributed by atoms with E-state index in [0.717, 1.165) is 45.3 Å².